The molecule has 0 radical (unpaired) electrons. The number of imidazole rings is 1. The number of anilines is 1. The summed E-state index contributed by atoms with van der Waals surface area (Å²) in [6.07, 6.45) is 0.692. The molecule has 0 spiro atoms. The molecule has 2 aliphatic rings. The lowest BCUT2D eigenvalue weighted by Crippen LogP contribution is -2.43. The van der Waals surface area contributed by atoms with Crippen LogP contribution in [0.4, 0.5) is 24.9 Å². The first-order valence-electron chi connectivity index (χ1n) is 11.8. The normalized spacial score (nSPS) is 18.9. The molecule has 0 amide bonds. The summed E-state index contributed by atoms with van der Waals surface area (Å²) >= 11 is 0. The zero-order chi connectivity index (χ0) is 26.9. The molecule has 15 heteroatoms. The largest absolute Gasteiger partial charge is 0.573 e. The van der Waals surface area contributed by atoms with E-state index in [1.165, 1.54) is 30.5 Å². The van der Waals surface area contributed by atoms with Gasteiger partial charge < -0.3 is 34.9 Å². The van der Waals surface area contributed by atoms with E-state index in [0.717, 1.165) is 5.56 Å². The van der Waals surface area contributed by atoms with Gasteiger partial charge in [0.05, 0.1) is 11.6 Å². The lowest BCUT2D eigenvalue weighted by atomic mass is 9.84. The van der Waals surface area contributed by atoms with Gasteiger partial charge in [0.1, 0.15) is 18.6 Å². The first-order valence-corrected chi connectivity index (χ1v) is 11.8. The Kier molecular flexibility index (Phi) is 6.79. The Morgan fingerprint density at radius 2 is 1.89 bits per heavy atom. The van der Waals surface area contributed by atoms with Crippen LogP contribution in [0.3, 0.4) is 0 Å². The lowest BCUT2D eigenvalue weighted by Gasteiger charge is -2.38. The van der Waals surface area contributed by atoms with E-state index in [4.69, 9.17) is 4.74 Å². The number of rotatable bonds is 7. The van der Waals surface area contributed by atoms with Crippen molar-refractivity contribution >= 4 is 11.8 Å². The molecule has 4 heterocycles. The molecule has 5 rings (SSSR count). The third kappa shape index (κ3) is 5.78. The fraction of sp³-hybridized carbons (Fsp3) is 0.435. The third-order valence-electron chi connectivity index (χ3n) is 6.53. The van der Waals surface area contributed by atoms with Crippen LogP contribution in [0.5, 0.6) is 11.8 Å². The number of halogens is 3. The van der Waals surface area contributed by atoms with Crippen LogP contribution in [0.15, 0.2) is 42.9 Å². The number of fused-ring (bicyclic) bond motifs is 1. The van der Waals surface area contributed by atoms with Crippen LogP contribution in [-0.2, 0) is 18.7 Å². The smallest absolute Gasteiger partial charge is 0.444 e. The molecule has 0 unspecified atom stereocenters. The summed E-state index contributed by atoms with van der Waals surface area (Å²) in [6, 6.07) is 5.43. The van der Waals surface area contributed by atoms with Gasteiger partial charge >= 0.3 is 18.2 Å². The van der Waals surface area contributed by atoms with Gasteiger partial charge in [-0.25, -0.2) is 9.97 Å². The molecule has 202 valence electrons. The standard InChI is InChI=1S/C23H24F3N7O5/c24-23(25,26)38-18-3-1-16(2-4-18)22(34)5-7-31(8-6-22)20-28-10-15(11-29-20)9-27-17-12-32-13-19(33(35)36)30-21(32)37-14-17/h1-4,10-11,13,17,27,34H,5-9,12,14H2/t17-/m0/s1. The number of alkyl halides is 3. The van der Waals surface area contributed by atoms with E-state index in [2.05, 4.69) is 25.0 Å². The highest BCUT2D eigenvalue weighted by atomic mass is 19.4. The molecule has 0 saturated carbocycles. The highest BCUT2D eigenvalue weighted by Gasteiger charge is 2.36. The zero-order valence-electron chi connectivity index (χ0n) is 20.0. The number of nitrogens with zero attached hydrogens (tertiary/aromatic N) is 6. The van der Waals surface area contributed by atoms with E-state index < -0.39 is 16.9 Å². The fourth-order valence-electron chi connectivity index (χ4n) is 4.51. The van der Waals surface area contributed by atoms with Gasteiger partial charge in [-0.15, -0.1) is 13.2 Å². The van der Waals surface area contributed by atoms with Gasteiger partial charge in [0.25, 0.3) is 0 Å². The number of nitrogens with one attached hydrogen (secondary N) is 1. The van der Waals surface area contributed by atoms with Crippen LogP contribution in [0.25, 0.3) is 0 Å². The van der Waals surface area contributed by atoms with Crippen LogP contribution in [-0.4, -0.2) is 61.6 Å². The Morgan fingerprint density at radius 3 is 2.53 bits per heavy atom. The second kappa shape index (κ2) is 10.1. The lowest BCUT2D eigenvalue weighted by molar-refractivity contribution is -0.389. The van der Waals surface area contributed by atoms with E-state index >= 15 is 0 Å². The van der Waals surface area contributed by atoms with Crippen LogP contribution >= 0.6 is 0 Å². The number of piperidine rings is 1. The number of nitro groups is 1. The molecule has 38 heavy (non-hydrogen) atoms. The molecule has 3 aromatic rings. The summed E-state index contributed by atoms with van der Waals surface area (Å²) in [5.74, 6) is -0.0768. The molecular weight excluding hydrogens is 511 g/mol. The maximum atomic E-state index is 12.4. The average molecular weight is 535 g/mol. The maximum absolute atomic E-state index is 12.4. The van der Waals surface area contributed by atoms with Crippen LogP contribution in [0, 0.1) is 10.1 Å². The van der Waals surface area contributed by atoms with E-state index in [0.29, 0.717) is 57.1 Å². The van der Waals surface area contributed by atoms with E-state index in [1.54, 1.807) is 17.0 Å². The van der Waals surface area contributed by atoms with Gasteiger partial charge in [-0.2, -0.15) is 0 Å². The van der Waals surface area contributed by atoms with Gasteiger partial charge in [-0.05, 0) is 35.5 Å². The Hall–Kier alpha value is -3.98. The summed E-state index contributed by atoms with van der Waals surface area (Å²) in [7, 11) is 0. The van der Waals surface area contributed by atoms with Crippen molar-refractivity contribution in [1.29, 1.82) is 0 Å². The van der Waals surface area contributed by atoms with Crippen molar-refractivity contribution in [2.24, 2.45) is 0 Å². The molecule has 12 nitrogen and oxygen atoms in total. The zero-order valence-corrected chi connectivity index (χ0v) is 20.0. The first-order chi connectivity index (χ1) is 18.1. The topological polar surface area (TPSA) is 141 Å². The van der Waals surface area contributed by atoms with Crippen LogP contribution < -0.4 is 19.7 Å². The summed E-state index contributed by atoms with van der Waals surface area (Å²) < 4.78 is 48.1. The highest BCUT2D eigenvalue weighted by molar-refractivity contribution is 5.35. The minimum Gasteiger partial charge on any atom is -0.444 e. The summed E-state index contributed by atoms with van der Waals surface area (Å²) in [6.45, 7) is 2.20. The van der Waals surface area contributed by atoms with Crippen molar-refractivity contribution in [1.82, 2.24) is 24.8 Å². The Balaban J connectivity index is 1.12. The number of hydrogen-bond acceptors (Lipinski definition) is 10. The van der Waals surface area contributed by atoms with Gasteiger partial charge in [-0.1, -0.05) is 12.1 Å². The second-order valence-electron chi connectivity index (χ2n) is 9.16. The van der Waals surface area contributed by atoms with Gasteiger partial charge in [0.2, 0.25) is 5.95 Å². The van der Waals surface area contributed by atoms with Crippen molar-refractivity contribution in [2.75, 3.05) is 24.6 Å². The quantitative estimate of drug-likeness (QED) is 0.343. The number of aliphatic hydroxyl groups is 1. The molecule has 2 aliphatic heterocycles. The molecule has 2 aromatic heterocycles. The highest BCUT2D eigenvalue weighted by Crippen LogP contribution is 2.35. The van der Waals surface area contributed by atoms with Gasteiger partial charge in [0, 0.05) is 49.1 Å². The molecule has 1 aromatic carbocycles. The van der Waals surface area contributed by atoms with E-state index in [9.17, 15) is 28.4 Å². The summed E-state index contributed by atoms with van der Waals surface area (Å²) in [5.41, 5.74) is 0.193. The number of ether oxygens (including phenoxy) is 2. The second-order valence-corrected chi connectivity index (χ2v) is 9.16. The predicted octanol–water partition coefficient (Wildman–Crippen LogP) is 2.52. The minimum atomic E-state index is -4.77. The van der Waals surface area contributed by atoms with Crippen molar-refractivity contribution in [3.8, 4) is 11.8 Å². The van der Waals surface area contributed by atoms with Crippen molar-refractivity contribution in [3.05, 3.63) is 64.1 Å². The van der Waals surface area contributed by atoms with Crippen molar-refractivity contribution < 1.29 is 32.7 Å². The first kappa shape index (κ1) is 25.7. The van der Waals surface area contributed by atoms with Gasteiger partial charge in [0.15, 0.2) is 0 Å². The van der Waals surface area contributed by atoms with Crippen LogP contribution in [0.1, 0.15) is 24.0 Å². The number of aromatic nitrogens is 4. The Bertz CT molecular complexity index is 1280. The molecule has 2 N–H and O–H groups in total. The van der Waals surface area contributed by atoms with Crippen molar-refractivity contribution in [2.45, 2.75) is 43.9 Å². The van der Waals surface area contributed by atoms with Crippen LogP contribution in [0.2, 0.25) is 0 Å². The van der Waals surface area contributed by atoms with Crippen molar-refractivity contribution in [3.63, 3.8) is 0 Å². The van der Waals surface area contributed by atoms with E-state index in [1.807, 2.05) is 4.90 Å². The summed E-state index contributed by atoms with van der Waals surface area (Å²) in [4.78, 5) is 25.0. The predicted molar refractivity (Wildman–Crippen MR) is 126 cm³/mol. The molecule has 0 aliphatic carbocycles. The SMILES string of the molecule is O=[N+]([O-])c1cn2c(n1)OC[C@@H](NCc1cnc(N3CCC(O)(c4ccc(OC(F)(F)F)cc4)CC3)nc1)C2. The molecule has 1 fully saturated rings. The van der Waals surface area contributed by atoms with E-state index in [-0.39, 0.29) is 23.6 Å². The fourth-order valence-corrected chi connectivity index (χ4v) is 4.51. The molecular formula is C23H24F3N7O5. The molecule has 0 bridgehead atoms. The average Bonchev–Trinajstić information content (AvgIpc) is 3.32. The molecule has 1 saturated heterocycles. The Morgan fingerprint density at radius 1 is 1.21 bits per heavy atom. The maximum Gasteiger partial charge on any atom is 0.573 e. The third-order valence-corrected chi connectivity index (χ3v) is 6.53. The molecule has 1 atom stereocenters. The van der Waals surface area contributed by atoms with Gasteiger partial charge in [-0.3, -0.25) is 4.57 Å². The number of benzene rings is 1. The number of hydrogen-bond donors (Lipinski definition) is 2. The Labute approximate surface area is 214 Å². The monoisotopic (exact) mass is 535 g/mol. The minimum absolute atomic E-state index is 0.0788. The summed E-state index contributed by atoms with van der Waals surface area (Å²) in [5, 5.41) is 25.3.